The lowest BCUT2D eigenvalue weighted by molar-refractivity contribution is 0.265. The third-order valence-corrected chi connectivity index (χ3v) is 4.23. The topological polar surface area (TPSA) is 34.0 Å². The van der Waals surface area contributed by atoms with E-state index in [1.165, 1.54) is 19.4 Å². The molecule has 1 saturated carbocycles. The molecule has 3 heterocycles. The van der Waals surface area contributed by atoms with Gasteiger partial charge in [-0.2, -0.15) is 0 Å². The molecule has 1 aromatic rings. The second-order valence-electron chi connectivity index (χ2n) is 5.40. The summed E-state index contributed by atoms with van der Waals surface area (Å²) >= 11 is 0. The Bertz CT molecular complexity index is 403. The second-order valence-corrected chi connectivity index (χ2v) is 5.40. The number of anilines is 1. The van der Waals surface area contributed by atoms with Crippen LogP contribution in [0.4, 0.5) is 5.95 Å². The van der Waals surface area contributed by atoms with Crippen molar-refractivity contribution in [3.63, 3.8) is 0 Å². The van der Waals surface area contributed by atoms with Gasteiger partial charge in [0, 0.05) is 25.0 Å². The molecule has 16 heavy (non-hydrogen) atoms. The molecule has 0 aromatic carbocycles. The highest BCUT2D eigenvalue weighted by atomic mass is 15.4. The van der Waals surface area contributed by atoms with Crippen molar-refractivity contribution < 1.29 is 0 Å². The molecule has 1 aliphatic carbocycles. The average molecular weight is 220 g/mol. The van der Waals surface area contributed by atoms with Crippen LogP contribution in [-0.4, -0.2) is 26.8 Å². The second kappa shape index (κ2) is 3.22. The maximum Gasteiger partial charge on any atom is 0.227 e. The van der Waals surface area contributed by atoms with E-state index in [2.05, 4.69) is 40.4 Å². The standard InChI is InChI=1S/C12H20N4/c1-4-10-13-14-11(15(10)5-2)16-8-9-6-12(16,3)7-9/h9H,4-8H2,1-3H3. The molecule has 88 valence electrons. The third kappa shape index (κ3) is 1.16. The zero-order valence-corrected chi connectivity index (χ0v) is 10.4. The van der Waals surface area contributed by atoms with E-state index < -0.39 is 0 Å². The number of fused-ring (bicyclic) bond motifs is 1. The van der Waals surface area contributed by atoms with Gasteiger partial charge in [0.15, 0.2) is 0 Å². The Kier molecular flexibility index (Phi) is 2.03. The molecule has 2 saturated heterocycles. The molecule has 4 nitrogen and oxygen atoms in total. The fraction of sp³-hybridized carbons (Fsp3) is 0.833. The molecule has 4 rings (SSSR count). The van der Waals surface area contributed by atoms with Gasteiger partial charge in [-0.15, -0.1) is 10.2 Å². The van der Waals surface area contributed by atoms with Gasteiger partial charge in [-0.05, 0) is 32.6 Å². The van der Waals surface area contributed by atoms with Crippen LogP contribution in [0.2, 0.25) is 0 Å². The number of aryl methyl sites for hydroxylation is 1. The Hall–Kier alpha value is -1.06. The highest BCUT2D eigenvalue weighted by Gasteiger charge is 2.54. The molecule has 3 fully saturated rings. The first kappa shape index (κ1) is 10.1. The van der Waals surface area contributed by atoms with E-state index in [0.29, 0.717) is 5.54 Å². The van der Waals surface area contributed by atoms with Crippen molar-refractivity contribution in [2.45, 2.75) is 52.1 Å². The lowest BCUT2D eigenvalue weighted by atomic mass is 9.75. The number of hydrogen-bond donors (Lipinski definition) is 0. The van der Waals surface area contributed by atoms with Crippen molar-refractivity contribution in [3.05, 3.63) is 5.82 Å². The monoisotopic (exact) mass is 220 g/mol. The summed E-state index contributed by atoms with van der Waals surface area (Å²) < 4.78 is 2.27. The van der Waals surface area contributed by atoms with E-state index in [9.17, 15) is 0 Å². The van der Waals surface area contributed by atoms with Crippen molar-refractivity contribution in [3.8, 4) is 0 Å². The molecule has 0 atom stereocenters. The number of hydrogen-bond acceptors (Lipinski definition) is 3. The number of aromatic nitrogens is 3. The highest BCUT2D eigenvalue weighted by molar-refractivity contribution is 5.42. The minimum Gasteiger partial charge on any atom is -0.335 e. The summed E-state index contributed by atoms with van der Waals surface area (Å²) in [5.41, 5.74) is 0.371. The molecular formula is C12H20N4. The van der Waals surface area contributed by atoms with Crippen LogP contribution in [0.15, 0.2) is 0 Å². The van der Waals surface area contributed by atoms with Gasteiger partial charge in [-0.3, -0.25) is 4.57 Å². The van der Waals surface area contributed by atoms with Gasteiger partial charge in [0.1, 0.15) is 5.82 Å². The Morgan fingerprint density at radius 1 is 1.31 bits per heavy atom. The van der Waals surface area contributed by atoms with Gasteiger partial charge in [-0.1, -0.05) is 6.92 Å². The zero-order chi connectivity index (χ0) is 11.3. The number of rotatable bonds is 3. The van der Waals surface area contributed by atoms with Crippen LogP contribution in [0.1, 0.15) is 39.4 Å². The quantitative estimate of drug-likeness (QED) is 0.779. The van der Waals surface area contributed by atoms with Gasteiger partial charge < -0.3 is 4.90 Å². The molecule has 2 bridgehead atoms. The first-order valence-corrected chi connectivity index (χ1v) is 6.37. The Morgan fingerprint density at radius 3 is 2.56 bits per heavy atom. The van der Waals surface area contributed by atoms with E-state index in [4.69, 9.17) is 0 Å². The van der Waals surface area contributed by atoms with Crippen molar-refractivity contribution in [1.29, 1.82) is 0 Å². The van der Waals surface area contributed by atoms with Crippen LogP contribution < -0.4 is 4.90 Å². The molecule has 0 spiro atoms. The van der Waals surface area contributed by atoms with Crippen molar-refractivity contribution >= 4 is 5.95 Å². The van der Waals surface area contributed by atoms with Crippen LogP contribution in [0, 0.1) is 5.92 Å². The largest absolute Gasteiger partial charge is 0.335 e. The zero-order valence-electron chi connectivity index (χ0n) is 10.4. The summed E-state index contributed by atoms with van der Waals surface area (Å²) in [6.45, 7) is 8.83. The Balaban J connectivity index is 1.97. The summed E-state index contributed by atoms with van der Waals surface area (Å²) in [5.74, 6) is 3.11. The minimum atomic E-state index is 0.371. The van der Waals surface area contributed by atoms with Crippen LogP contribution in [-0.2, 0) is 13.0 Å². The van der Waals surface area contributed by atoms with Crippen LogP contribution in [0.3, 0.4) is 0 Å². The van der Waals surface area contributed by atoms with Gasteiger partial charge in [0.2, 0.25) is 5.95 Å². The smallest absolute Gasteiger partial charge is 0.227 e. The highest BCUT2D eigenvalue weighted by Crippen LogP contribution is 2.51. The molecule has 0 amide bonds. The molecule has 3 aliphatic rings. The summed E-state index contributed by atoms with van der Waals surface area (Å²) in [6, 6.07) is 0. The van der Waals surface area contributed by atoms with E-state index in [0.717, 1.165) is 30.7 Å². The molecular weight excluding hydrogens is 200 g/mol. The Labute approximate surface area is 96.7 Å². The van der Waals surface area contributed by atoms with Crippen LogP contribution in [0.25, 0.3) is 0 Å². The summed E-state index contributed by atoms with van der Waals surface area (Å²) in [6.07, 6.45) is 3.64. The average Bonchev–Trinajstić information content (AvgIpc) is 2.85. The van der Waals surface area contributed by atoms with Crippen molar-refractivity contribution in [2.75, 3.05) is 11.4 Å². The normalized spacial score (nSPS) is 31.9. The maximum atomic E-state index is 4.40. The van der Waals surface area contributed by atoms with E-state index in [1.54, 1.807) is 0 Å². The lowest BCUT2D eigenvalue weighted by Crippen LogP contribution is -2.43. The third-order valence-electron chi connectivity index (χ3n) is 4.23. The molecule has 0 radical (unpaired) electrons. The van der Waals surface area contributed by atoms with Gasteiger partial charge in [0.25, 0.3) is 0 Å². The maximum absolute atomic E-state index is 4.40. The molecule has 0 N–H and O–H groups in total. The van der Waals surface area contributed by atoms with Gasteiger partial charge >= 0.3 is 0 Å². The van der Waals surface area contributed by atoms with Crippen LogP contribution in [0.5, 0.6) is 0 Å². The Morgan fingerprint density at radius 2 is 2.06 bits per heavy atom. The fourth-order valence-corrected chi connectivity index (χ4v) is 3.45. The van der Waals surface area contributed by atoms with Gasteiger partial charge in [0.05, 0.1) is 0 Å². The van der Waals surface area contributed by atoms with Crippen molar-refractivity contribution in [1.82, 2.24) is 14.8 Å². The van der Waals surface area contributed by atoms with Crippen LogP contribution >= 0.6 is 0 Å². The van der Waals surface area contributed by atoms with E-state index >= 15 is 0 Å². The summed E-state index contributed by atoms with van der Waals surface area (Å²) in [7, 11) is 0. The number of nitrogens with zero attached hydrogens (tertiary/aromatic N) is 4. The SMILES string of the molecule is CCc1nnc(N2CC3CC2(C)C3)n1CC. The molecule has 0 unspecified atom stereocenters. The van der Waals surface area contributed by atoms with Crippen molar-refractivity contribution in [2.24, 2.45) is 5.92 Å². The molecule has 2 aliphatic heterocycles. The minimum absolute atomic E-state index is 0.371. The van der Waals surface area contributed by atoms with Gasteiger partial charge in [-0.25, -0.2) is 0 Å². The first-order chi connectivity index (χ1) is 7.68. The molecule has 1 aromatic heterocycles. The van der Waals surface area contributed by atoms with E-state index in [-0.39, 0.29) is 0 Å². The van der Waals surface area contributed by atoms with E-state index in [1.807, 2.05) is 0 Å². The predicted molar refractivity (Wildman–Crippen MR) is 63.5 cm³/mol. The molecule has 4 heteroatoms. The first-order valence-electron chi connectivity index (χ1n) is 6.37. The summed E-state index contributed by atoms with van der Waals surface area (Å²) in [4.78, 5) is 2.48. The predicted octanol–water partition coefficient (Wildman–Crippen LogP) is 1.85. The lowest BCUT2D eigenvalue weighted by Gasteiger charge is -2.39. The summed E-state index contributed by atoms with van der Waals surface area (Å²) in [5, 5.41) is 8.71. The fourth-order valence-electron chi connectivity index (χ4n) is 3.45.